The van der Waals surface area contributed by atoms with Crippen molar-refractivity contribution in [2.75, 3.05) is 6.61 Å². The monoisotopic (exact) mass is 190 g/mol. The van der Waals surface area contributed by atoms with Gasteiger partial charge in [0.25, 0.3) is 0 Å². The van der Waals surface area contributed by atoms with Crippen LogP contribution in [0.15, 0.2) is 0 Å². The fraction of sp³-hybridized carbons (Fsp3) is 1.00. The van der Waals surface area contributed by atoms with Gasteiger partial charge in [-0.25, -0.2) is 0 Å². The Labute approximate surface area is 78.1 Å². The minimum atomic E-state index is -0.831. The third kappa shape index (κ3) is 2.40. The predicted molar refractivity (Wildman–Crippen MR) is 47.2 cm³/mol. The van der Waals surface area contributed by atoms with Gasteiger partial charge in [0, 0.05) is 6.42 Å². The standard InChI is InChI=1S/C9H18O4/c1-5(2)9-8(12)7(11)3-6(4-10)13-9/h5-12H,3-4H2,1-2H3/t6-,7-,8+,9?/m0/s1. The van der Waals surface area contributed by atoms with Gasteiger partial charge < -0.3 is 20.1 Å². The van der Waals surface area contributed by atoms with Gasteiger partial charge in [-0.2, -0.15) is 0 Å². The van der Waals surface area contributed by atoms with Crippen molar-refractivity contribution in [2.24, 2.45) is 5.92 Å². The van der Waals surface area contributed by atoms with Gasteiger partial charge in [-0.3, -0.25) is 0 Å². The second-order valence-electron chi connectivity index (χ2n) is 3.94. The molecule has 1 heterocycles. The number of aliphatic hydroxyl groups excluding tert-OH is 3. The zero-order valence-electron chi connectivity index (χ0n) is 8.05. The normalized spacial score (nSPS) is 41.1. The number of aliphatic hydroxyl groups is 3. The average molecular weight is 190 g/mol. The zero-order chi connectivity index (χ0) is 10.0. The molecule has 13 heavy (non-hydrogen) atoms. The molecule has 4 heteroatoms. The smallest absolute Gasteiger partial charge is 0.106 e. The van der Waals surface area contributed by atoms with Crippen LogP contribution in [0.4, 0.5) is 0 Å². The summed E-state index contributed by atoms with van der Waals surface area (Å²) in [6, 6.07) is 0. The van der Waals surface area contributed by atoms with Gasteiger partial charge in [0.15, 0.2) is 0 Å². The highest BCUT2D eigenvalue weighted by atomic mass is 16.5. The van der Waals surface area contributed by atoms with Gasteiger partial charge in [0.05, 0.1) is 24.9 Å². The van der Waals surface area contributed by atoms with Gasteiger partial charge in [0.1, 0.15) is 6.10 Å². The molecule has 0 amide bonds. The Morgan fingerprint density at radius 2 is 2.00 bits per heavy atom. The maximum atomic E-state index is 9.56. The van der Waals surface area contributed by atoms with Crippen LogP contribution in [0.3, 0.4) is 0 Å². The number of hydrogen-bond donors (Lipinski definition) is 3. The van der Waals surface area contributed by atoms with Crippen molar-refractivity contribution in [2.45, 2.75) is 44.7 Å². The summed E-state index contributed by atoms with van der Waals surface area (Å²) in [6.07, 6.45) is -2.02. The largest absolute Gasteiger partial charge is 0.394 e. The van der Waals surface area contributed by atoms with E-state index in [2.05, 4.69) is 0 Å². The first-order valence-corrected chi connectivity index (χ1v) is 4.68. The summed E-state index contributed by atoms with van der Waals surface area (Å²) in [7, 11) is 0. The van der Waals surface area contributed by atoms with E-state index in [4.69, 9.17) is 9.84 Å². The third-order valence-electron chi connectivity index (χ3n) is 2.45. The molecule has 1 fully saturated rings. The Morgan fingerprint density at radius 3 is 2.46 bits per heavy atom. The van der Waals surface area contributed by atoms with Crippen LogP contribution in [-0.2, 0) is 4.74 Å². The minimum Gasteiger partial charge on any atom is -0.394 e. The molecule has 4 atom stereocenters. The van der Waals surface area contributed by atoms with Crippen LogP contribution in [0, 0.1) is 5.92 Å². The molecule has 0 radical (unpaired) electrons. The molecule has 1 aliphatic heterocycles. The molecule has 78 valence electrons. The quantitative estimate of drug-likeness (QED) is 0.550. The molecule has 1 rings (SSSR count). The van der Waals surface area contributed by atoms with Crippen LogP contribution in [-0.4, -0.2) is 46.3 Å². The molecule has 0 aromatic carbocycles. The summed E-state index contributed by atoms with van der Waals surface area (Å²) in [4.78, 5) is 0. The Balaban J connectivity index is 2.60. The van der Waals surface area contributed by atoms with Crippen molar-refractivity contribution >= 4 is 0 Å². The summed E-state index contributed by atoms with van der Waals surface area (Å²) >= 11 is 0. The zero-order valence-corrected chi connectivity index (χ0v) is 8.05. The molecule has 3 N–H and O–H groups in total. The van der Waals surface area contributed by atoms with Crippen LogP contribution in [0.5, 0.6) is 0 Å². The van der Waals surface area contributed by atoms with E-state index in [1.54, 1.807) is 0 Å². The number of hydrogen-bond acceptors (Lipinski definition) is 4. The lowest BCUT2D eigenvalue weighted by molar-refractivity contribution is -0.189. The molecule has 4 nitrogen and oxygen atoms in total. The van der Waals surface area contributed by atoms with Crippen LogP contribution >= 0.6 is 0 Å². The average Bonchev–Trinajstić information content (AvgIpc) is 2.09. The molecule has 1 saturated heterocycles. The summed E-state index contributed by atoms with van der Waals surface area (Å²) in [6.45, 7) is 3.73. The molecule has 1 unspecified atom stereocenters. The van der Waals surface area contributed by atoms with Crippen molar-refractivity contribution in [1.82, 2.24) is 0 Å². The molecule has 0 aromatic rings. The lowest BCUT2D eigenvalue weighted by Gasteiger charge is -2.38. The van der Waals surface area contributed by atoms with Crippen molar-refractivity contribution in [3.8, 4) is 0 Å². The molecular weight excluding hydrogens is 172 g/mol. The van der Waals surface area contributed by atoms with E-state index < -0.39 is 12.2 Å². The van der Waals surface area contributed by atoms with E-state index in [0.717, 1.165) is 0 Å². The van der Waals surface area contributed by atoms with Gasteiger partial charge in [0.2, 0.25) is 0 Å². The van der Waals surface area contributed by atoms with Crippen LogP contribution in [0.1, 0.15) is 20.3 Å². The Bertz CT molecular complexity index is 160. The summed E-state index contributed by atoms with van der Waals surface area (Å²) in [5.74, 6) is 0.138. The molecule has 0 saturated carbocycles. The Hall–Kier alpha value is -0.160. The fourth-order valence-corrected chi connectivity index (χ4v) is 1.66. The summed E-state index contributed by atoms with van der Waals surface area (Å²) in [5.41, 5.74) is 0. The van der Waals surface area contributed by atoms with E-state index in [1.807, 2.05) is 13.8 Å². The Kier molecular flexibility index (Phi) is 3.67. The maximum Gasteiger partial charge on any atom is 0.106 e. The molecule has 0 spiro atoms. The SMILES string of the molecule is CC(C)C1O[C@H](CO)C[C@H](O)[C@H]1O. The van der Waals surface area contributed by atoms with Gasteiger partial charge >= 0.3 is 0 Å². The van der Waals surface area contributed by atoms with E-state index in [0.29, 0.717) is 6.42 Å². The van der Waals surface area contributed by atoms with Crippen molar-refractivity contribution in [3.05, 3.63) is 0 Å². The Morgan fingerprint density at radius 1 is 1.38 bits per heavy atom. The highest BCUT2D eigenvalue weighted by Crippen LogP contribution is 2.24. The van der Waals surface area contributed by atoms with Crippen LogP contribution < -0.4 is 0 Å². The molecule has 0 aliphatic carbocycles. The first-order chi connectivity index (χ1) is 6.06. The van der Waals surface area contributed by atoms with Crippen LogP contribution in [0.2, 0.25) is 0 Å². The minimum absolute atomic E-state index is 0.104. The summed E-state index contributed by atoms with van der Waals surface area (Å²) in [5, 5.41) is 27.9. The van der Waals surface area contributed by atoms with Gasteiger partial charge in [-0.05, 0) is 5.92 Å². The van der Waals surface area contributed by atoms with E-state index in [-0.39, 0.29) is 24.7 Å². The topological polar surface area (TPSA) is 69.9 Å². The van der Waals surface area contributed by atoms with Crippen molar-refractivity contribution < 1.29 is 20.1 Å². The first-order valence-electron chi connectivity index (χ1n) is 4.68. The van der Waals surface area contributed by atoms with Crippen molar-refractivity contribution in [1.29, 1.82) is 0 Å². The lowest BCUT2D eigenvalue weighted by atomic mass is 9.91. The van der Waals surface area contributed by atoms with E-state index in [9.17, 15) is 10.2 Å². The molecule has 0 aromatic heterocycles. The maximum absolute atomic E-state index is 9.56. The molecule has 1 aliphatic rings. The fourth-order valence-electron chi connectivity index (χ4n) is 1.66. The van der Waals surface area contributed by atoms with Crippen LogP contribution in [0.25, 0.3) is 0 Å². The van der Waals surface area contributed by atoms with E-state index in [1.165, 1.54) is 0 Å². The highest BCUT2D eigenvalue weighted by molar-refractivity contribution is 4.86. The lowest BCUT2D eigenvalue weighted by Crippen LogP contribution is -2.51. The number of rotatable bonds is 2. The predicted octanol–water partition coefficient (Wildman–Crippen LogP) is -0.486. The third-order valence-corrected chi connectivity index (χ3v) is 2.45. The molecular formula is C9H18O4. The first kappa shape index (κ1) is 10.9. The number of ether oxygens (including phenoxy) is 1. The highest BCUT2D eigenvalue weighted by Gasteiger charge is 2.37. The van der Waals surface area contributed by atoms with Gasteiger partial charge in [-0.15, -0.1) is 0 Å². The van der Waals surface area contributed by atoms with Gasteiger partial charge in [-0.1, -0.05) is 13.8 Å². The second-order valence-corrected chi connectivity index (χ2v) is 3.94. The van der Waals surface area contributed by atoms with E-state index >= 15 is 0 Å². The molecule has 0 bridgehead atoms. The second kappa shape index (κ2) is 4.37. The summed E-state index contributed by atoms with van der Waals surface area (Å²) < 4.78 is 5.42. The van der Waals surface area contributed by atoms with Crippen molar-refractivity contribution in [3.63, 3.8) is 0 Å².